The molecule has 3 N–H and O–H groups in total. The van der Waals surface area contributed by atoms with E-state index in [0.717, 1.165) is 11.3 Å². The fourth-order valence-corrected chi connectivity index (χ4v) is 2.76. The minimum absolute atomic E-state index is 0.132. The van der Waals surface area contributed by atoms with Crippen LogP contribution in [0.15, 0.2) is 24.3 Å². The molecule has 0 saturated carbocycles. The lowest BCUT2D eigenvalue weighted by Crippen LogP contribution is -2.61. The molecule has 0 aromatic heterocycles. The maximum absolute atomic E-state index is 12.1. The van der Waals surface area contributed by atoms with Crippen molar-refractivity contribution in [1.29, 1.82) is 0 Å². The zero-order valence-electron chi connectivity index (χ0n) is 13.7. The largest absolute Gasteiger partial charge is 0.491 e. The van der Waals surface area contributed by atoms with Crippen LogP contribution in [-0.4, -0.2) is 35.3 Å². The summed E-state index contributed by atoms with van der Waals surface area (Å²) in [6, 6.07) is 7.60. The monoisotopic (exact) mass is 320 g/mol. The van der Waals surface area contributed by atoms with Crippen molar-refractivity contribution in [3.05, 3.63) is 29.8 Å². The van der Waals surface area contributed by atoms with E-state index < -0.39 is 11.9 Å². The smallest absolute Gasteiger partial charge is 0.304 e. The van der Waals surface area contributed by atoms with Crippen molar-refractivity contribution < 1.29 is 19.4 Å². The highest BCUT2D eigenvalue weighted by atomic mass is 16.5. The van der Waals surface area contributed by atoms with Gasteiger partial charge in [-0.15, -0.1) is 0 Å². The summed E-state index contributed by atoms with van der Waals surface area (Å²) in [6.45, 7) is 5.80. The van der Waals surface area contributed by atoms with Crippen LogP contribution >= 0.6 is 0 Å². The lowest BCUT2D eigenvalue weighted by Gasteiger charge is -2.35. The maximum atomic E-state index is 12.1. The molecule has 1 aliphatic rings. The van der Waals surface area contributed by atoms with E-state index in [-0.39, 0.29) is 30.6 Å². The van der Waals surface area contributed by atoms with Gasteiger partial charge in [0, 0.05) is 12.5 Å². The predicted molar refractivity (Wildman–Crippen MR) is 86.2 cm³/mol. The van der Waals surface area contributed by atoms with E-state index >= 15 is 0 Å². The summed E-state index contributed by atoms with van der Waals surface area (Å²) in [7, 11) is 0. The molecule has 23 heavy (non-hydrogen) atoms. The van der Waals surface area contributed by atoms with Gasteiger partial charge in [0.05, 0.1) is 24.6 Å². The molecule has 3 atom stereocenters. The van der Waals surface area contributed by atoms with E-state index in [0.29, 0.717) is 6.42 Å². The number of rotatable bonds is 6. The summed E-state index contributed by atoms with van der Waals surface area (Å²) < 4.78 is 5.60. The van der Waals surface area contributed by atoms with Crippen molar-refractivity contribution in [3.8, 4) is 5.75 Å². The van der Waals surface area contributed by atoms with Crippen LogP contribution in [0.5, 0.6) is 5.75 Å². The van der Waals surface area contributed by atoms with Crippen molar-refractivity contribution in [2.24, 2.45) is 5.92 Å². The molecule has 0 spiro atoms. The first-order valence-corrected chi connectivity index (χ1v) is 7.89. The number of ether oxygens (including phenoxy) is 1. The summed E-state index contributed by atoms with van der Waals surface area (Å²) in [5, 5.41) is 15.0. The molecule has 1 aliphatic heterocycles. The zero-order chi connectivity index (χ0) is 17.0. The number of aliphatic carboxylic acids is 1. The van der Waals surface area contributed by atoms with Gasteiger partial charge in [-0.3, -0.25) is 14.9 Å². The first-order valence-electron chi connectivity index (χ1n) is 7.89. The fraction of sp³-hybridized carbons (Fsp3) is 0.529. The van der Waals surface area contributed by atoms with Gasteiger partial charge in [-0.05, 0) is 38.5 Å². The van der Waals surface area contributed by atoms with Gasteiger partial charge in [-0.1, -0.05) is 12.1 Å². The molecule has 1 heterocycles. The normalized spacial score (nSPS) is 24.3. The molecule has 3 unspecified atom stereocenters. The highest BCUT2D eigenvalue weighted by molar-refractivity contribution is 5.84. The molecule has 6 nitrogen and oxygen atoms in total. The Bertz CT molecular complexity index is 556. The summed E-state index contributed by atoms with van der Waals surface area (Å²) in [6.07, 6.45) is 0.415. The third kappa shape index (κ3) is 4.96. The van der Waals surface area contributed by atoms with E-state index in [1.54, 1.807) is 0 Å². The van der Waals surface area contributed by atoms with Gasteiger partial charge in [-0.2, -0.15) is 0 Å². The van der Waals surface area contributed by atoms with Crippen LogP contribution in [0.4, 0.5) is 0 Å². The third-order valence-electron chi connectivity index (χ3n) is 3.85. The molecular weight excluding hydrogens is 296 g/mol. The predicted octanol–water partition coefficient (Wildman–Crippen LogP) is 1.54. The first-order chi connectivity index (χ1) is 10.8. The number of carbonyl (C=O) groups excluding carboxylic acids is 1. The van der Waals surface area contributed by atoms with Crippen molar-refractivity contribution in [2.45, 2.75) is 51.9 Å². The van der Waals surface area contributed by atoms with Crippen LogP contribution in [-0.2, 0) is 16.0 Å². The Morgan fingerprint density at radius 1 is 1.30 bits per heavy atom. The molecular formula is C17H24N2O4. The van der Waals surface area contributed by atoms with Crippen molar-refractivity contribution in [2.75, 3.05) is 0 Å². The van der Waals surface area contributed by atoms with E-state index in [2.05, 4.69) is 10.6 Å². The number of nitrogens with one attached hydrogen (secondary N) is 2. The Hall–Kier alpha value is -2.08. The van der Waals surface area contributed by atoms with Crippen LogP contribution in [0.3, 0.4) is 0 Å². The third-order valence-corrected chi connectivity index (χ3v) is 3.85. The van der Waals surface area contributed by atoms with Gasteiger partial charge in [0.15, 0.2) is 0 Å². The number of amides is 1. The molecule has 1 aromatic carbocycles. The highest BCUT2D eigenvalue weighted by Crippen LogP contribution is 2.18. The van der Waals surface area contributed by atoms with Gasteiger partial charge >= 0.3 is 5.97 Å². The van der Waals surface area contributed by atoms with Crippen LogP contribution < -0.4 is 15.4 Å². The summed E-state index contributed by atoms with van der Waals surface area (Å²) in [5.74, 6) is -0.883. The summed E-state index contributed by atoms with van der Waals surface area (Å²) in [5.41, 5.74) is 1.07. The van der Waals surface area contributed by atoms with Gasteiger partial charge in [0.25, 0.3) is 0 Å². The van der Waals surface area contributed by atoms with Gasteiger partial charge in [0.1, 0.15) is 5.75 Å². The summed E-state index contributed by atoms with van der Waals surface area (Å²) in [4.78, 5) is 22.9. The number of carbonyl (C=O) groups is 2. The Kier molecular flexibility index (Phi) is 5.60. The van der Waals surface area contributed by atoms with Crippen LogP contribution in [0, 0.1) is 5.92 Å². The SMILES string of the molecule is CC(C)Oc1ccc(CC2NC(=O)C(CC(=O)O)C(C)N2)cc1. The fourth-order valence-electron chi connectivity index (χ4n) is 2.76. The zero-order valence-corrected chi connectivity index (χ0v) is 13.7. The molecule has 2 rings (SSSR count). The quantitative estimate of drug-likeness (QED) is 0.740. The molecule has 0 aliphatic carbocycles. The minimum Gasteiger partial charge on any atom is -0.491 e. The first kappa shape index (κ1) is 17.3. The molecule has 6 heteroatoms. The number of benzene rings is 1. The van der Waals surface area contributed by atoms with E-state index in [4.69, 9.17) is 9.84 Å². The second-order valence-corrected chi connectivity index (χ2v) is 6.24. The maximum Gasteiger partial charge on any atom is 0.304 e. The van der Waals surface area contributed by atoms with E-state index in [9.17, 15) is 9.59 Å². The second kappa shape index (κ2) is 7.46. The van der Waals surface area contributed by atoms with Crippen LogP contribution in [0.25, 0.3) is 0 Å². The Balaban J connectivity index is 1.94. The Labute approximate surface area is 136 Å². The molecule has 1 fully saturated rings. The minimum atomic E-state index is -0.960. The summed E-state index contributed by atoms with van der Waals surface area (Å²) >= 11 is 0. The van der Waals surface area contributed by atoms with Crippen molar-refractivity contribution >= 4 is 11.9 Å². The van der Waals surface area contributed by atoms with Crippen molar-refractivity contribution in [1.82, 2.24) is 10.6 Å². The molecule has 1 saturated heterocycles. The van der Waals surface area contributed by atoms with Crippen LogP contribution in [0.2, 0.25) is 0 Å². The van der Waals surface area contributed by atoms with E-state index in [1.165, 1.54) is 0 Å². The topological polar surface area (TPSA) is 87.7 Å². The average molecular weight is 320 g/mol. The molecule has 0 bridgehead atoms. The Morgan fingerprint density at radius 3 is 2.48 bits per heavy atom. The standard InChI is InChI=1S/C17H24N2O4/c1-10(2)23-13-6-4-12(5-7-13)8-15-18-11(3)14(9-16(20)21)17(22)19-15/h4-7,10-11,14-15,18H,8-9H2,1-3H3,(H,19,22)(H,20,21). The van der Waals surface area contributed by atoms with Gasteiger partial charge in [-0.25, -0.2) is 0 Å². The number of carboxylic acids is 1. The van der Waals surface area contributed by atoms with E-state index in [1.807, 2.05) is 45.0 Å². The van der Waals surface area contributed by atoms with Crippen LogP contribution in [0.1, 0.15) is 32.8 Å². The average Bonchev–Trinajstić information content (AvgIpc) is 2.44. The lowest BCUT2D eigenvalue weighted by molar-refractivity contribution is -0.143. The molecule has 126 valence electrons. The number of hydrogen-bond donors (Lipinski definition) is 3. The molecule has 0 radical (unpaired) electrons. The molecule has 1 aromatic rings. The highest BCUT2D eigenvalue weighted by Gasteiger charge is 2.34. The second-order valence-electron chi connectivity index (χ2n) is 6.24. The van der Waals surface area contributed by atoms with Gasteiger partial charge < -0.3 is 15.2 Å². The Morgan fingerprint density at radius 2 is 1.96 bits per heavy atom. The number of carboxylic acid groups (broad SMARTS) is 1. The molecule has 1 amide bonds. The number of hydrogen-bond acceptors (Lipinski definition) is 4. The van der Waals surface area contributed by atoms with Crippen molar-refractivity contribution in [3.63, 3.8) is 0 Å². The lowest BCUT2D eigenvalue weighted by atomic mass is 9.93. The van der Waals surface area contributed by atoms with Gasteiger partial charge in [0.2, 0.25) is 5.91 Å².